The van der Waals surface area contributed by atoms with Gasteiger partial charge in [0.25, 0.3) is 5.91 Å². The van der Waals surface area contributed by atoms with Gasteiger partial charge in [-0.2, -0.15) is 4.98 Å². The third-order valence-corrected chi connectivity index (χ3v) is 5.71. The topological polar surface area (TPSA) is 119 Å². The minimum Gasteiger partial charge on any atom is -0.465 e. The Hall–Kier alpha value is -3.85. The summed E-state index contributed by atoms with van der Waals surface area (Å²) in [7, 11) is 1.57. The van der Waals surface area contributed by atoms with Crippen LogP contribution in [0.5, 0.6) is 0 Å². The lowest BCUT2D eigenvalue weighted by Gasteiger charge is -2.15. The number of amides is 2. The fourth-order valence-electron chi connectivity index (χ4n) is 3.69. The van der Waals surface area contributed by atoms with Crippen LogP contribution in [-0.4, -0.2) is 52.1 Å². The molecule has 0 fully saturated rings. The van der Waals surface area contributed by atoms with Crippen LogP contribution in [0.15, 0.2) is 48.7 Å². The minimum absolute atomic E-state index is 0.229. The molecule has 1 aliphatic heterocycles. The third-order valence-electron chi connectivity index (χ3n) is 5.43. The number of carboxylic acid groups (broad SMARTS) is 1. The number of nitrogens with zero attached hydrogens (tertiary/aromatic N) is 3. The monoisotopic (exact) mass is 466 g/mol. The van der Waals surface area contributed by atoms with Crippen molar-refractivity contribution < 1.29 is 14.7 Å². The Morgan fingerprint density at radius 3 is 2.58 bits per heavy atom. The molecule has 33 heavy (non-hydrogen) atoms. The second-order valence-electron chi connectivity index (χ2n) is 7.52. The van der Waals surface area contributed by atoms with Gasteiger partial charge in [0.1, 0.15) is 5.02 Å². The summed E-state index contributed by atoms with van der Waals surface area (Å²) in [6.45, 7) is 0.948. The Bertz CT molecular complexity index is 1200. The highest BCUT2D eigenvalue weighted by Gasteiger charge is 2.18. The van der Waals surface area contributed by atoms with Crippen molar-refractivity contribution in [2.45, 2.75) is 12.8 Å². The second kappa shape index (κ2) is 9.74. The van der Waals surface area contributed by atoms with Crippen molar-refractivity contribution in [1.29, 1.82) is 0 Å². The average molecular weight is 467 g/mol. The molecule has 2 amide bonds. The minimum atomic E-state index is -0.895. The van der Waals surface area contributed by atoms with Gasteiger partial charge in [0.2, 0.25) is 5.95 Å². The quantitative estimate of drug-likeness (QED) is 0.447. The number of rotatable bonds is 5. The molecule has 9 nitrogen and oxygen atoms in total. The summed E-state index contributed by atoms with van der Waals surface area (Å²) in [5, 5.41) is 18.5. The van der Waals surface area contributed by atoms with Crippen LogP contribution in [0.1, 0.15) is 21.5 Å². The van der Waals surface area contributed by atoms with Crippen LogP contribution < -0.4 is 16.0 Å². The van der Waals surface area contributed by atoms with Gasteiger partial charge in [-0.3, -0.25) is 4.79 Å². The molecule has 4 rings (SSSR count). The molecule has 0 unspecified atom stereocenters. The number of fused-ring (bicyclic) bond motifs is 1. The third kappa shape index (κ3) is 5.15. The predicted octanol–water partition coefficient (Wildman–Crippen LogP) is 4.06. The highest BCUT2D eigenvalue weighted by Crippen LogP contribution is 2.28. The molecule has 3 aromatic rings. The summed E-state index contributed by atoms with van der Waals surface area (Å²) in [6, 6.07) is 13.0. The van der Waals surface area contributed by atoms with Gasteiger partial charge in [-0.1, -0.05) is 29.8 Å². The van der Waals surface area contributed by atoms with E-state index in [-0.39, 0.29) is 5.91 Å². The normalized spacial score (nSPS) is 13.0. The number of benzene rings is 2. The molecular formula is C23H23ClN6O3. The average Bonchev–Trinajstić information content (AvgIpc) is 3.03. The van der Waals surface area contributed by atoms with Crippen LogP contribution in [0.4, 0.5) is 27.9 Å². The van der Waals surface area contributed by atoms with Crippen LogP contribution >= 0.6 is 11.6 Å². The highest BCUT2D eigenvalue weighted by molar-refractivity contribution is 6.33. The highest BCUT2D eigenvalue weighted by atomic mass is 35.5. The lowest BCUT2D eigenvalue weighted by Crippen LogP contribution is -2.31. The van der Waals surface area contributed by atoms with Gasteiger partial charge in [-0.15, -0.1) is 0 Å². The maximum absolute atomic E-state index is 12.2. The number of nitrogens with one attached hydrogen (secondary N) is 3. The Labute approximate surface area is 195 Å². The Balaban J connectivity index is 1.54. The summed E-state index contributed by atoms with van der Waals surface area (Å²) < 4.78 is 0. The van der Waals surface area contributed by atoms with Crippen molar-refractivity contribution in [2.75, 3.05) is 30.8 Å². The molecule has 2 aromatic carbocycles. The molecule has 0 saturated carbocycles. The molecule has 10 heteroatoms. The molecule has 0 atom stereocenters. The number of hydrogen-bond donors (Lipinski definition) is 4. The van der Waals surface area contributed by atoms with E-state index < -0.39 is 6.09 Å². The first-order valence-corrected chi connectivity index (χ1v) is 10.8. The number of hydrogen-bond acceptors (Lipinski definition) is 6. The summed E-state index contributed by atoms with van der Waals surface area (Å²) in [4.78, 5) is 33.6. The van der Waals surface area contributed by atoms with E-state index in [2.05, 4.69) is 25.9 Å². The van der Waals surface area contributed by atoms with E-state index in [1.165, 1.54) is 11.1 Å². The van der Waals surface area contributed by atoms with Crippen LogP contribution in [-0.2, 0) is 12.8 Å². The standard InChI is InChI=1S/C23H23ClN6O3/c1-25-21(31)17-4-2-3-5-19(17)28-20-18(24)13-26-22(29-20)27-16-7-6-14-8-10-30(23(32)33)11-9-15(14)12-16/h2-7,12-13H,8-11H2,1H3,(H,25,31)(H,32,33)(H2,26,27,28,29). The number of halogens is 1. The number of anilines is 4. The van der Waals surface area contributed by atoms with Gasteiger partial charge in [0.05, 0.1) is 17.4 Å². The van der Waals surface area contributed by atoms with Gasteiger partial charge >= 0.3 is 6.09 Å². The molecule has 4 N–H and O–H groups in total. The number of para-hydroxylation sites is 1. The largest absolute Gasteiger partial charge is 0.465 e. The van der Waals surface area contributed by atoms with Crippen molar-refractivity contribution in [2.24, 2.45) is 0 Å². The summed E-state index contributed by atoms with van der Waals surface area (Å²) >= 11 is 6.30. The van der Waals surface area contributed by atoms with Crippen molar-refractivity contribution in [1.82, 2.24) is 20.2 Å². The van der Waals surface area contributed by atoms with Gasteiger partial charge in [-0.25, -0.2) is 9.78 Å². The zero-order chi connectivity index (χ0) is 23.4. The van der Waals surface area contributed by atoms with E-state index in [9.17, 15) is 14.7 Å². The molecule has 1 aliphatic rings. The van der Waals surface area contributed by atoms with Crippen LogP contribution in [0.2, 0.25) is 5.02 Å². The van der Waals surface area contributed by atoms with Crippen LogP contribution in [0.25, 0.3) is 0 Å². The molecule has 0 spiro atoms. The van der Waals surface area contributed by atoms with Crippen molar-refractivity contribution >= 4 is 46.7 Å². The molecule has 2 heterocycles. The van der Waals surface area contributed by atoms with Crippen LogP contribution in [0.3, 0.4) is 0 Å². The van der Waals surface area contributed by atoms with E-state index in [1.54, 1.807) is 25.2 Å². The molecule has 0 bridgehead atoms. The predicted molar refractivity (Wildman–Crippen MR) is 127 cm³/mol. The maximum Gasteiger partial charge on any atom is 0.407 e. The molecule has 0 radical (unpaired) electrons. The van der Waals surface area contributed by atoms with E-state index in [4.69, 9.17) is 11.6 Å². The van der Waals surface area contributed by atoms with Crippen molar-refractivity contribution in [3.63, 3.8) is 0 Å². The van der Waals surface area contributed by atoms with E-state index in [0.29, 0.717) is 54.0 Å². The summed E-state index contributed by atoms with van der Waals surface area (Å²) in [6.07, 6.45) is 1.91. The van der Waals surface area contributed by atoms with E-state index in [1.807, 2.05) is 24.3 Å². The molecule has 0 saturated heterocycles. The number of carbonyl (C=O) groups is 2. The first-order chi connectivity index (χ1) is 15.9. The SMILES string of the molecule is CNC(=O)c1ccccc1Nc1nc(Nc2ccc3c(c2)CCN(C(=O)O)CC3)ncc1Cl. The van der Waals surface area contributed by atoms with Gasteiger partial charge in [0.15, 0.2) is 5.82 Å². The Morgan fingerprint density at radius 1 is 1.06 bits per heavy atom. The van der Waals surface area contributed by atoms with Gasteiger partial charge in [0, 0.05) is 25.8 Å². The molecule has 170 valence electrons. The lowest BCUT2D eigenvalue weighted by molar-refractivity contribution is 0.0963. The van der Waals surface area contributed by atoms with Gasteiger partial charge < -0.3 is 26.0 Å². The van der Waals surface area contributed by atoms with E-state index in [0.717, 1.165) is 16.8 Å². The zero-order valence-corrected chi connectivity index (χ0v) is 18.7. The first-order valence-electron chi connectivity index (χ1n) is 10.4. The lowest BCUT2D eigenvalue weighted by atomic mass is 10.0. The second-order valence-corrected chi connectivity index (χ2v) is 7.93. The number of aromatic nitrogens is 2. The fraction of sp³-hybridized carbons (Fsp3) is 0.217. The Morgan fingerprint density at radius 2 is 1.82 bits per heavy atom. The molecular weight excluding hydrogens is 444 g/mol. The molecule has 1 aromatic heterocycles. The molecule has 0 aliphatic carbocycles. The summed E-state index contributed by atoms with van der Waals surface area (Å²) in [5.41, 5.74) is 4.04. The first kappa shape index (κ1) is 22.3. The van der Waals surface area contributed by atoms with Gasteiger partial charge in [-0.05, 0) is 48.2 Å². The smallest absolute Gasteiger partial charge is 0.407 e. The Kier molecular flexibility index (Phi) is 6.60. The maximum atomic E-state index is 12.2. The fourth-order valence-corrected chi connectivity index (χ4v) is 3.83. The van der Waals surface area contributed by atoms with Crippen molar-refractivity contribution in [3.05, 3.63) is 70.4 Å². The number of carbonyl (C=O) groups excluding carboxylic acids is 1. The van der Waals surface area contributed by atoms with Crippen LogP contribution in [0, 0.1) is 0 Å². The van der Waals surface area contributed by atoms with E-state index >= 15 is 0 Å². The van der Waals surface area contributed by atoms with Crippen molar-refractivity contribution in [3.8, 4) is 0 Å². The summed E-state index contributed by atoms with van der Waals surface area (Å²) in [5.74, 6) is 0.463. The zero-order valence-electron chi connectivity index (χ0n) is 17.9.